The Morgan fingerprint density at radius 2 is 2.00 bits per heavy atom. The first-order valence-electron chi connectivity index (χ1n) is 5.18. The van der Waals surface area contributed by atoms with E-state index in [0.717, 1.165) is 22.3 Å². The first-order valence-corrected chi connectivity index (χ1v) is 5.98. The van der Waals surface area contributed by atoms with E-state index < -0.39 is 0 Å². The van der Waals surface area contributed by atoms with Gasteiger partial charge in [-0.1, -0.05) is 13.8 Å². The molecule has 15 heavy (non-hydrogen) atoms. The molecule has 1 aromatic carbocycles. The van der Waals surface area contributed by atoms with Gasteiger partial charge in [0.2, 0.25) is 0 Å². The Balaban J connectivity index is 2.98. The molecule has 1 rings (SSSR count). The Morgan fingerprint density at radius 1 is 1.40 bits per heavy atom. The van der Waals surface area contributed by atoms with Gasteiger partial charge in [-0.25, -0.2) is 0 Å². The number of anilines is 2. The lowest BCUT2D eigenvalue weighted by molar-refractivity contribution is 0.638. The summed E-state index contributed by atoms with van der Waals surface area (Å²) in [7, 11) is 2.11. The molecule has 0 saturated carbocycles. The molecule has 0 amide bonds. The van der Waals surface area contributed by atoms with E-state index in [1.807, 2.05) is 13.0 Å². The fourth-order valence-corrected chi connectivity index (χ4v) is 2.28. The van der Waals surface area contributed by atoms with Crippen LogP contribution in [-0.4, -0.2) is 13.6 Å². The van der Waals surface area contributed by atoms with Crippen LogP contribution in [0, 0.1) is 12.8 Å². The van der Waals surface area contributed by atoms with E-state index in [0.29, 0.717) is 5.92 Å². The zero-order valence-corrected chi connectivity index (χ0v) is 11.4. The highest BCUT2D eigenvalue weighted by atomic mass is 79.9. The van der Waals surface area contributed by atoms with Crippen LogP contribution in [0.5, 0.6) is 0 Å². The Kier molecular flexibility index (Phi) is 4.03. The molecule has 3 heteroatoms. The molecule has 0 aliphatic heterocycles. The first-order chi connectivity index (χ1) is 6.91. The van der Waals surface area contributed by atoms with E-state index in [9.17, 15) is 0 Å². The second-order valence-corrected chi connectivity index (χ2v) is 5.29. The van der Waals surface area contributed by atoms with Crippen LogP contribution < -0.4 is 10.6 Å². The van der Waals surface area contributed by atoms with Crippen molar-refractivity contribution in [1.29, 1.82) is 0 Å². The van der Waals surface area contributed by atoms with Gasteiger partial charge in [-0.05, 0) is 46.5 Å². The SMILES string of the molecule is Cc1cc(N(C)CC(C)C)c(Br)cc1N. The number of hydrogen-bond acceptors (Lipinski definition) is 2. The molecule has 2 nitrogen and oxygen atoms in total. The maximum atomic E-state index is 5.84. The van der Waals surface area contributed by atoms with Crippen LogP contribution in [0.4, 0.5) is 11.4 Å². The van der Waals surface area contributed by atoms with Gasteiger partial charge in [0, 0.05) is 23.8 Å². The van der Waals surface area contributed by atoms with Crippen LogP contribution in [-0.2, 0) is 0 Å². The molecule has 0 fully saturated rings. The Bertz CT molecular complexity index is 348. The monoisotopic (exact) mass is 270 g/mol. The second-order valence-electron chi connectivity index (χ2n) is 4.43. The molecule has 0 bridgehead atoms. The van der Waals surface area contributed by atoms with Crippen molar-refractivity contribution in [3.05, 3.63) is 22.2 Å². The summed E-state index contributed by atoms with van der Waals surface area (Å²) in [6.07, 6.45) is 0. The maximum absolute atomic E-state index is 5.84. The van der Waals surface area contributed by atoms with Crippen LogP contribution >= 0.6 is 15.9 Å². The van der Waals surface area contributed by atoms with E-state index in [1.165, 1.54) is 5.69 Å². The van der Waals surface area contributed by atoms with Gasteiger partial charge >= 0.3 is 0 Å². The van der Waals surface area contributed by atoms with E-state index >= 15 is 0 Å². The van der Waals surface area contributed by atoms with Gasteiger partial charge in [0.05, 0.1) is 5.69 Å². The summed E-state index contributed by atoms with van der Waals surface area (Å²) in [5.74, 6) is 0.653. The normalized spacial score (nSPS) is 10.8. The molecular formula is C12H19BrN2. The number of halogens is 1. The minimum atomic E-state index is 0.653. The summed E-state index contributed by atoms with van der Waals surface area (Å²) in [4.78, 5) is 2.25. The maximum Gasteiger partial charge on any atom is 0.0512 e. The molecule has 0 aliphatic carbocycles. The van der Waals surface area contributed by atoms with Crippen LogP contribution in [0.25, 0.3) is 0 Å². The molecule has 0 aromatic heterocycles. The van der Waals surface area contributed by atoms with Crippen molar-refractivity contribution < 1.29 is 0 Å². The lowest BCUT2D eigenvalue weighted by Gasteiger charge is -2.23. The molecule has 2 N–H and O–H groups in total. The second kappa shape index (κ2) is 4.88. The lowest BCUT2D eigenvalue weighted by Crippen LogP contribution is -2.23. The van der Waals surface area contributed by atoms with Crippen LogP contribution in [0.2, 0.25) is 0 Å². The van der Waals surface area contributed by atoms with Gasteiger partial charge in [-0.15, -0.1) is 0 Å². The smallest absolute Gasteiger partial charge is 0.0512 e. The number of nitrogens with two attached hydrogens (primary N) is 1. The van der Waals surface area contributed by atoms with Crippen LogP contribution in [0.3, 0.4) is 0 Å². The highest BCUT2D eigenvalue weighted by molar-refractivity contribution is 9.10. The van der Waals surface area contributed by atoms with Crippen molar-refractivity contribution >= 4 is 27.3 Å². The largest absolute Gasteiger partial charge is 0.398 e. The number of aryl methyl sites for hydroxylation is 1. The van der Waals surface area contributed by atoms with Crippen molar-refractivity contribution in [1.82, 2.24) is 0 Å². The van der Waals surface area contributed by atoms with Gasteiger partial charge in [0.25, 0.3) is 0 Å². The predicted octanol–water partition coefficient (Wildman–Crippen LogP) is 3.43. The van der Waals surface area contributed by atoms with Crippen molar-refractivity contribution in [3.8, 4) is 0 Å². The first kappa shape index (κ1) is 12.4. The van der Waals surface area contributed by atoms with Gasteiger partial charge in [-0.3, -0.25) is 0 Å². The topological polar surface area (TPSA) is 29.3 Å². The Morgan fingerprint density at radius 3 is 2.53 bits per heavy atom. The van der Waals surface area contributed by atoms with Gasteiger partial charge < -0.3 is 10.6 Å². The highest BCUT2D eigenvalue weighted by Gasteiger charge is 2.09. The molecule has 0 spiro atoms. The standard InChI is InChI=1S/C12H19BrN2/c1-8(2)7-15(4)12-5-9(3)11(14)6-10(12)13/h5-6,8H,7,14H2,1-4H3. The van der Waals surface area contributed by atoms with E-state index in [-0.39, 0.29) is 0 Å². The average Bonchev–Trinajstić information content (AvgIpc) is 2.09. The molecule has 0 heterocycles. The quantitative estimate of drug-likeness (QED) is 0.853. The van der Waals surface area contributed by atoms with E-state index in [2.05, 4.69) is 47.8 Å². The number of nitrogens with zero attached hydrogens (tertiary/aromatic N) is 1. The van der Waals surface area contributed by atoms with Gasteiger partial charge in [-0.2, -0.15) is 0 Å². The number of rotatable bonds is 3. The summed E-state index contributed by atoms with van der Waals surface area (Å²) in [6.45, 7) is 7.51. The molecule has 0 radical (unpaired) electrons. The van der Waals surface area contributed by atoms with Crippen LogP contribution in [0.1, 0.15) is 19.4 Å². The molecule has 0 unspecified atom stereocenters. The molecular weight excluding hydrogens is 252 g/mol. The Labute approximate surface area is 101 Å². The minimum Gasteiger partial charge on any atom is -0.398 e. The fourth-order valence-electron chi connectivity index (χ4n) is 1.62. The highest BCUT2D eigenvalue weighted by Crippen LogP contribution is 2.30. The summed E-state index contributed by atoms with van der Waals surface area (Å²) in [5.41, 5.74) is 9.01. The number of hydrogen-bond donors (Lipinski definition) is 1. The zero-order valence-electron chi connectivity index (χ0n) is 9.84. The summed E-state index contributed by atoms with van der Waals surface area (Å²) in [6, 6.07) is 4.10. The lowest BCUT2D eigenvalue weighted by atomic mass is 10.1. The van der Waals surface area contributed by atoms with E-state index in [1.54, 1.807) is 0 Å². The molecule has 0 saturated heterocycles. The van der Waals surface area contributed by atoms with Crippen LogP contribution in [0.15, 0.2) is 16.6 Å². The van der Waals surface area contributed by atoms with Crippen molar-refractivity contribution in [3.63, 3.8) is 0 Å². The fraction of sp³-hybridized carbons (Fsp3) is 0.500. The predicted molar refractivity (Wildman–Crippen MR) is 71.4 cm³/mol. The van der Waals surface area contributed by atoms with Crippen molar-refractivity contribution in [2.24, 2.45) is 5.92 Å². The molecule has 84 valence electrons. The number of nitrogen functional groups attached to an aromatic ring is 1. The third-order valence-corrected chi connectivity index (χ3v) is 3.02. The van der Waals surface area contributed by atoms with Crippen molar-refractivity contribution in [2.45, 2.75) is 20.8 Å². The Hall–Kier alpha value is -0.700. The molecule has 0 aliphatic rings. The summed E-state index contributed by atoms with van der Waals surface area (Å²) >= 11 is 3.55. The van der Waals surface area contributed by atoms with Crippen molar-refractivity contribution in [2.75, 3.05) is 24.2 Å². The third kappa shape index (κ3) is 3.13. The van der Waals surface area contributed by atoms with Gasteiger partial charge in [0.15, 0.2) is 0 Å². The zero-order chi connectivity index (χ0) is 11.6. The van der Waals surface area contributed by atoms with E-state index in [4.69, 9.17) is 5.73 Å². The summed E-state index contributed by atoms with van der Waals surface area (Å²) in [5, 5.41) is 0. The van der Waals surface area contributed by atoms with Gasteiger partial charge in [0.1, 0.15) is 0 Å². The summed E-state index contributed by atoms with van der Waals surface area (Å²) < 4.78 is 1.06. The average molecular weight is 271 g/mol. The number of benzene rings is 1. The minimum absolute atomic E-state index is 0.653. The molecule has 1 aromatic rings. The third-order valence-electron chi connectivity index (χ3n) is 2.39. The molecule has 0 atom stereocenters.